The van der Waals surface area contributed by atoms with Crippen LogP contribution in [0.25, 0.3) is 11.0 Å². The topological polar surface area (TPSA) is 105 Å². The Balaban J connectivity index is 1.41. The lowest BCUT2D eigenvalue weighted by Gasteiger charge is -2.17. The lowest BCUT2D eigenvalue weighted by Crippen LogP contribution is -2.35. The molecule has 11 heteroatoms. The van der Waals surface area contributed by atoms with Gasteiger partial charge in [-0.1, -0.05) is 37.2 Å². The molecule has 4 rings (SSSR count). The predicted molar refractivity (Wildman–Crippen MR) is 140 cm³/mol. The molecule has 1 fully saturated rings. The predicted octanol–water partition coefficient (Wildman–Crippen LogP) is 3.97. The minimum Gasteiger partial charge on any atom is -0.367 e. The number of hydrogen-bond donors (Lipinski definition) is 2. The number of rotatable bonds is 9. The fourth-order valence-electron chi connectivity index (χ4n) is 3.93. The summed E-state index contributed by atoms with van der Waals surface area (Å²) in [6.07, 6.45) is 1.94. The molecule has 1 aliphatic rings. The summed E-state index contributed by atoms with van der Waals surface area (Å²) < 4.78 is 1.78. The van der Waals surface area contributed by atoms with Crippen molar-refractivity contribution in [3.8, 4) is 0 Å². The summed E-state index contributed by atoms with van der Waals surface area (Å²) >= 11 is 7.54. The molecular weight excluding hydrogens is 486 g/mol. The van der Waals surface area contributed by atoms with Gasteiger partial charge in [0, 0.05) is 41.5 Å². The molecule has 3 aromatic rings. The Kier molecular flexibility index (Phi) is 7.81. The molecular formula is C24H30ClN7O2S. The first kappa shape index (κ1) is 25.2. The van der Waals surface area contributed by atoms with Gasteiger partial charge < -0.3 is 15.5 Å². The third-order valence-corrected chi connectivity index (χ3v) is 6.62. The number of thioether (sulfide) groups is 1. The van der Waals surface area contributed by atoms with Crippen LogP contribution in [0.15, 0.2) is 35.6 Å². The van der Waals surface area contributed by atoms with Crippen molar-refractivity contribution in [3.05, 3.63) is 35.5 Å². The zero-order valence-corrected chi connectivity index (χ0v) is 21.9. The molecule has 2 N–H and O–H groups in total. The molecule has 1 saturated heterocycles. The van der Waals surface area contributed by atoms with Gasteiger partial charge in [-0.2, -0.15) is 5.10 Å². The lowest BCUT2D eigenvalue weighted by molar-refractivity contribution is -0.126. The maximum Gasteiger partial charge on any atom is 0.227 e. The first-order valence-electron chi connectivity index (χ1n) is 11.7. The molecule has 1 aliphatic heterocycles. The number of benzene rings is 1. The van der Waals surface area contributed by atoms with E-state index in [-0.39, 0.29) is 24.3 Å². The van der Waals surface area contributed by atoms with Crippen LogP contribution in [0.1, 0.15) is 34.1 Å². The number of amides is 2. The van der Waals surface area contributed by atoms with Crippen LogP contribution in [-0.4, -0.2) is 55.9 Å². The molecule has 1 unspecified atom stereocenters. The van der Waals surface area contributed by atoms with E-state index in [1.807, 2.05) is 0 Å². The number of nitrogens with one attached hydrogen (secondary N) is 2. The summed E-state index contributed by atoms with van der Waals surface area (Å²) in [6.45, 7) is 9.51. The molecule has 2 amide bonds. The highest BCUT2D eigenvalue weighted by Gasteiger charge is 2.35. The van der Waals surface area contributed by atoms with Gasteiger partial charge in [-0.15, -0.1) is 0 Å². The summed E-state index contributed by atoms with van der Waals surface area (Å²) in [5.74, 6) is 0.155. The summed E-state index contributed by atoms with van der Waals surface area (Å²) in [7, 11) is 0. The van der Waals surface area contributed by atoms with Gasteiger partial charge in [-0.25, -0.2) is 14.6 Å². The van der Waals surface area contributed by atoms with Gasteiger partial charge in [0.1, 0.15) is 5.82 Å². The van der Waals surface area contributed by atoms with Crippen LogP contribution in [0.5, 0.6) is 0 Å². The largest absolute Gasteiger partial charge is 0.367 e. The molecule has 0 radical (unpaired) electrons. The van der Waals surface area contributed by atoms with Crippen molar-refractivity contribution in [2.75, 3.05) is 23.3 Å². The highest BCUT2D eigenvalue weighted by molar-refractivity contribution is 7.99. The van der Waals surface area contributed by atoms with E-state index < -0.39 is 5.92 Å². The van der Waals surface area contributed by atoms with Crippen LogP contribution < -0.4 is 15.5 Å². The molecule has 2 aromatic heterocycles. The second-order valence-corrected chi connectivity index (χ2v) is 11.1. The molecule has 1 atom stereocenters. The van der Waals surface area contributed by atoms with Crippen molar-refractivity contribution in [1.29, 1.82) is 0 Å². The molecule has 0 saturated carbocycles. The van der Waals surface area contributed by atoms with Crippen LogP contribution in [0.4, 0.5) is 11.5 Å². The molecule has 35 heavy (non-hydrogen) atoms. The Bertz CT molecular complexity index is 1210. The van der Waals surface area contributed by atoms with E-state index in [2.05, 4.69) is 48.4 Å². The zero-order valence-electron chi connectivity index (χ0n) is 20.3. The molecule has 3 heterocycles. The van der Waals surface area contributed by atoms with Gasteiger partial charge in [-0.05, 0) is 38.1 Å². The van der Waals surface area contributed by atoms with Crippen molar-refractivity contribution < 1.29 is 9.59 Å². The van der Waals surface area contributed by atoms with Crippen molar-refractivity contribution in [1.82, 2.24) is 25.1 Å². The first-order chi connectivity index (χ1) is 16.7. The van der Waals surface area contributed by atoms with E-state index in [0.29, 0.717) is 35.1 Å². The Morgan fingerprint density at radius 1 is 1.20 bits per heavy atom. The molecule has 1 aromatic carbocycles. The lowest BCUT2D eigenvalue weighted by atomic mass is 10.1. The van der Waals surface area contributed by atoms with Gasteiger partial charge in [0.05, 0.1) is 24.0 Å². The van der Waals surface area contributed by atoms with E-state index in [9.17, 15) is 9.59 Å². The summed E-state index contributed by atoms with van der Waals surface area (Å²) in [5.41, 5.74) is 1.48. The van der Waals surface area contributed by atoms with E-state index in [4.69, 9.17) is 16.6 Å². The fourth-order valence-corrected chi connectivity index (χ4v) is 4.76. The van der Waals surface area contributed by atoms with Gasteiger partial charge in [0.25, 0.3) is 0 Å². The number of anilines is 2. The highest BCUT2D eigenvalue weighted by atomic mass is 35.5. The monoisotopic (exact) mass is 515 g/mol. The Morgan fingerprint density at radius 3 is 2.63 bits per heavy atom. The second kappa shape index (κ2) is 10.8. The van der Waals surface area contributed by atoms with Crippen molar-refractivity contribution in [2.24, 2.45) is 5.92 Å². The molecule has 186 valence electrons. The Labute approximate surface area is 214 Å². The Morgan fingerprint density at radius 2 is 1.94 bits per heavy atom. The van der Waals surface area contributed by atoms with Crippen LogP contribution in [0, 0.1) is 5.92 Å². The van der Waals surface area contributed by atoms with E-state index in [0.717, 1.165) is 22.5 Å². The Hall–Kier alpha value is -2.85. The third kappa shape index (κ3) is 6.05. The fraction of sp³-hybridized carbons (Fsp3) is 0.458. The zero-order chi connectivity index (χ0) is 25.1. The first-order valence-corrected chi connectivity index (χ1v) is 13.0. The normalized spacial score (nSPS) is 16.0. The van der Waals surface area contributed by atoms with Gasteiger partial charge in [0.15, 0.2) is 10.8 Å². The van der Waals surface area contributed by atoms with Crippen LogP contribution in [0.3, 0.4) is 0 Å². The average Bonchev–Trinajstić information content (AvgIpc) is 3.37. The summed E-state index contributed by atoms with van der Waals surface area (Å²) in [6, 6.07) is 7.28. The minimum absolute atomic E-state index is 0.0670. The average molecular weight is 516 g/mol. The second-order valence-electron chi connectivity index (χ2n) is 9.10. The van der Waals surface area contributed by atoms with E-state index >= 15 is 0 Å². The third-order valence-electron chi connectivity index (χ3n) is 5.50. The van der Waals surface area contributed by atoms with Crippen molar-refractivity contribution >= 4 is 57.7 Å². The number of fused-ring (bicyclic) bond motifs is 1. The van der Waals surface area contributed by atoms with Crippen LogP contribution >= 0.6 is 23.4 Å². The molecule has 0 spiro atoms. The standard InChI is InChI=1S/C24H30ClN7O2S/c1-14(2)28-21-19-12-27-32(22(19)30-24(29-21)35-15(3)4)10-9-26-23(34)16-11-20(33)31(13-16)18-7-5-17(25)6-8-18/h5-8,12,14-16H,9-11,13H2,1-4H3,(H,26,34)(H,28,29,30). The summed E-state index contributed by atoms with van der Waals surface area (Å²) in [4.78, 5) is 36.3. The van der Waals surface area contributed by atoms with Gasteiger partial charge in [0.2, 0.25) is 11.8 Å². The van der Waals surface area contributed by atoms with Crippen molar-refractivity contribution in [3.63, 3.8) is 0 Å². The van der Waals surface area contributed by atoms with E-state index in [1.54, 1.807) is 51.8 Å². The van der Waals surface area contributed by atoms with Gasteiger partial charge >= 0.3 is 0 Å². The maximum atomic E-state index is 12.8. The minimum atomic E-state index is -0.397. The molecule has 0 bridgehead atoms. The SMILES string of the molecule is CC(C)Nc1nc(SC(C)C)nc2c1cnn2CCNC(=O)C1CC(=O)N(c2ccc(Cl)cc2)C1. The van der Waals surface area contributed by atoms with E-state index in [1.165, 1.54) is 0 Å². The number of nitrogens with zero attached hydrogens (tertiary/aromatic N) is 5. The molecule has 0 aliphatic carbocycles. The van der Waals surface area contributed by atoms with Crippen LogP contribution in [-0.2, 0) is 16.1 Å². The number of carbonyl (C=O) groups excluding carboxylic acids is 2. The number of aromatic nitrogens is 4. The molecule has 9 nitrogen and oxygen atoms in total. The number of carbonyl (C=O) groups is 2. The quantitative estimate of drug-likeness (QED) is 0.328. The highest BCUT2D eigenvalue weighted by Crippen LogP contribution is 2.28. The van der Waals surface area contributed by atoms with Gasteiger partial charge in [-0.3, -0.25) is 9.59 Å². The number of halogens is 1. The smallest absolute Gasteiger partial charge is 0.227 e. The van der Waals surface area contributed by atoms with Crippen LogP contribution in [0.2, 0.25) is 5.02 Å². The number of hydrogen-bond acceptors (Lipinski definition) is 7. The van der Waals surface area contributed by atoms with Crippen molar-refractivity contribution in [2.45, 2.75) is 57.1 Å². The maximum absolute atomic E-state index is 12.8. The summed E-state index contributed by atoms with van der Waals surface area (Å²) in [5, 5.41) is 13.3.